The van der Waals surface area contributed by atoms with Crippen molar-refractivity contribution in [3.05, 3.63) is 28.2 Å². The van der Waals surface area contributed by atoms with Gasteiger partial charge in [-0.15, -0.1) is 0 Å². The highest BCUT2D eigenvalue weighted by atomic mass is 79.9. The molecule has 0 unspecified atom stereocenters. The van der Waals surface area contributed by atoms with E-state index in [0.29, 0.717) is 11.0 Å². The van der Waals surface area contributed by atoms with E-state index in [4.69, 9.17) is 0 Å². The third-order valence-corrected chi connectivity index (χ3v) is 5.30. The second kappa shape index (κ2) is 6.49. The topological polar surface area (TPSA) is 66.5 Å². The van der Waals surface area contributed by atoms with Gasteiger partial charge in [-0.1, -0.05) is 6.07 Å². The lowest BCUT2D eigenvalue weighted by molar-refractivity contribution is -0.121. The lowest BCUT2D eigenvalue weighted by Gasteiger charge is -2.17. The highest BCUT2D eigenvalue weighted by molar-refractivity contribution is 9.10. The average molecular weight is 349 g/mol. The lowest BCUT2D eigenvalue weighted by atomic mass is 10.2. The molecule has 0 saturated carbocycles. The van der Waals surface area contributed by atoms with Crippen LogP contribution < -0.4 is 5.32 Å². The first kappa shape index (κ1) is 16.1. The van der Waals surface area contributed by atoms with E-state index in [-0.39, 0.29) is 17.3 Å². The van der Waals surface area contributed by atoms with Crippen LogP contribution in [0.5, 0.6) is 0 Å². The molecule has 0 heterocycles. The van der Waals surface area contributed by atoms with Crippen LogP contribution in [0.3, 0.4) is 0 Å². The molecule has 1 N–H and O–H groups in total. The molecule has 0 atom stereocenters. The Morgan fingerprint density at radius 1 is 1.42 bits per heavy atom. The molecule has 0 bridgehead atoms. The van der Waals surface area contributed by atoms with Crippen molar-refractivity contribution in [3.8, 4) is 0 Å². The smallest absolute Gasteiger partial charge is 0.244 e. The molecule has 0 fully saturated rings. The van der Waals surface area contributed by atoms with E-state index in [0.717, 1.165) is 9.87 Å². The Morgan fingerprint density at radius 3 is 2.58 bits per heavy atom. The van der Waals surface area contributed by atoms with Crippen molar-refractivity contribution in [1.82, 2.24) is 9.62 Å². The van der Waals surface area contributed by atoms with E-state index in [2.05, 4.69) is 21.2 Å². The number of sulfonamides is 1. The summed E-state index contributed by atoms with van der Waals surface area (Å²) >= 11 is 3.24. The average Bonchev–Trinajstić information content (AvgIpc) is 2.28. The third-order valence-electron chi connectivity index (χ3n) is 2.52. The van der Waals surface area contributed by atoms with Crippen molar-refractivity contribution in [1.29, 1.82) is 0 Å². The van der Waals surface area contributed by atoms with Crippen molar-refractivity contribution in [2.45, 2.75) is 18.7 Å². The predicted molar refractivity (Wildman–Crippen MR) is 77.4 cm³/mol. The fraction of sp³-hybridized carbons (Fsp3) is 0.417. The number of likely N-dealkylation sites (N-methyl/N-ethyl adjacent to an activating group) is 2. The number of nitrogens with zero attached hydrogens (tertiary/aromatic N) is 1. The Balaban J connectivity index is 3.00. The number of carbonyl (C=O) groups is 1. The summed E-state index contributed by atoms with van der Waals surface area (Å²) in [6, 6.07) is 4.98. The maximum Gasteiger partial charge on any atom is 0.244 e. The van der Waals surface area contributed by atoms with Gasteiger partial charge in [0.1, 0.15) is 0 Å². The molecule has 5 nitrogen and oxygen atoms in total. The van der Waals surface area contributed by atoms with Crippen LogP contribution >= 0.6 is 15.9 Å². The van der Waals surface area contributed by atoms with Crippen LogP contribution in [-0.4, -0.2) is 38.8 Å². The summed E-state index contributed by atoms with van der Waals surface area (Å²) in [7, 11) is -2.29. The Morgan fingerprint density at radius 2 is 2.05 bits per heavy atom. The molecular weight excluding hydrogens is 332 g/mol. The first-order valence-electron chi connectivity index (χ1n) is 5.78. The largest absolute Gasteiger partial charge is 0.355 e. The number of benzene rings is 1. The maximum atomic E-state index is 12.3. The normalized spacial score (nSPS) is 11.6. The zero-order valence-electron chi connectivity index (χ0n) is 11.1. The van der Waals surface area contributed by atoms with Crippen LogP contribution in [-0.2, 0) is 14.8 Å². The molecule has 1 aromatic rings. The summed E-state index contributed by atoms with van der Waals surface area (Å²) in [5.74, 6) is -0.322. The molecule has 0 saturated heterocycles. The van der Waals surface area contributed by atoms with Crippen LogP contribution in [0.15, 0.2) is 27.6 Å². The predicted octanol–water partition coefficient (Wildman–Crippen LogP) is 1.51. The number of rotatable bonds is 5. The number of carbonyl (C=O) groups excluding carboxylic acids is 1. The maximum absolute atomic E-state index is 12.3. The van der Waals surface area contributed by atoms with Gasteiger partial charge in [0.05, 0.1) is 11.4 Å². The van der Waals surface area contributed by atoms with Gasteiger partial charge >= 0.3 is 0 Å². The molecule has 0 radical (unpaired) electrons. The molecular formula is C12H17BrN2O3S. The summed E-state index contributed by atoms with van der Waals surface area (Å²) in [5.41, 5.74) is 0.956. The standard InChI is InChI=1S/C12H17BrN2O3S/c1-4-14-12(16)8-15(3)19(17,18)11-6-5-9(2)7-10(11)13/h5-7H,4,8H2,1-3H3,(H,14,16). The zero-order valence-corrected chi connectivity index (χ0v) is 13.5. The number of hydrogen-bond donors (Lipinski definition) is 1. The van der Waals surface area contributed by atoms with Gasteiger partial charge < -0.3 is 5.32 Å². The summed E-state index contributed by atoms with van der Waals surface area (Å²) in [6.45, 7) is 3.93. The van der Waals surface area contributed by atoms with Gasteiger partial charge in [0.25, 0.3) is 0 Å². The first-order chi connectivity index (χ1) is 8.78. The lowest BCUT2D eigenvalue weighted by Crippen LogP contribution is -2.38. The van der Waals surface area contributed by atoms with E-state index in [1.165, 1.54) is 13.1 Å². The Hall–Kier alpha value is -0.920. The number of aryl methyl sites for hydroxylation is 1. The van der Waals surface area contributed by atoms with Gasteiger partial charge in [0.2, 0.25) is 15.9 Å². The fourth-order valence-electron chi connectivity index (χ4n) is 1.52. The van der Waals surface area contributed by atoms with E-state index in [9.17, 15) is 13.2 Å². The summed E-state index contributed by atoms with van der Waals surface area (Å²) in [6.07, 6.45) is 0. The fourth-order valence-corrected chi connectivity index (χ4v) is 3.80. The summed E-state index contributed by atoms with van der Waals surface area (Å²) in [4.78, 5) is 11.6. The minimum Gasteiger partial charge on any atom is -0.355 e. The Labute approximate surface area is 122 Å². The number of amides is 1. The van der Waals surface area contributed by atoms with Crippen LogP contribution in [0.1, 0.15) is 12.5 Å². The minimum absolute atomic E-state index is 0.157. The molecule has 1 aromatic carbocycles. The highest BCUT2D eigenvalue weighted by Gasteiger charge is 2.24. The molecule has 106 valence electrons. The Bertz CT molecular complexity index is 572. The van der Waals surface area contributed by atoms with Gasteiger partial charge in [0.15, 0.2) is 0 Å². The molecule has 7 heteroatoms. The quantitative estimate of drug-likeness (QED) is 0.876. The summed E-state index contributed by atoms with van der Waals surface area (Å²) < 4.78 is 26.2. The molecule has 1 amide bonds. The van der Waals surface area contributed by atoms with Crippen LogP contribution in [0, 0.1) is 6.92 Å². The van der Waals surface area contributed by atoms with Gasteiger partial charge in [-0.05, 0) is 47.5 Å². The van der Waals surface area contributed by atoms with Crippen molar-refractivity contribution in [2.24, 2.45) is 0 Å². The molecule has 0 aliphatic carbocycles. The number of hydrogen-bond acceptors (Lipinski definition) is 3. The van der Waals surface area contributed by atoms with Crippen LogP contribution in [0.4, 0.5) is 0 Å². The molecule has 19 heavy (non-hydrogen) atoms. The molecule has 0 spiro atoms. The van der Waals surface area contributed by atoms with Crippen molar-refractivity contribution in [2.75, 3.05) is 20.1 Å². The highest BCUT2D eigenvalue weighted by Crippen LogP contribution is 2.25. The van der Waals surface area contributed by atoms with Crippen LogP contribution in [0.25, 0.3) is 0 Å². The van der Waals surface area contributed by atoms with Crippen LogP contribution in [0.2, 0.25) is 0 Å². The zero-order chi connectivity index (χ0) is 14.6. The van der Waals surface area contributed by atoms with Crippen molar-refractivity contribution in [3.63, 3.8) is 0 Å². The van der Waals surface area contributed by atoms with Gasteiger partial charge in [-0.3, -0.25) is 4.79 Å². The monoisotopic (exact) mass is 348 g/mol. The molecule has 0 aliphatic rings. The molecule has 1 rings (SSSR count). The van der Waals surface area contributed by atoms with Crippen molar-refractivity contribution < 1.29 is 13.2 Å². The second-order valence-corrected chi connectivity index (χ2v) is 7.02. The first-order valence-corrected chi connectivity index (χ1v) is 8.01. The van der Waals surface area contributed by atoms with E-state index in [1.807, 2.05) is 6.92 Å². The van der Waals surface area contributed by atoms with Gasteiger partial charge in [-0.2, -0.15) is 4.31 Å². The molecule has 0 aromatic heterocycles. The van der Waals surface area contributed by atoms with E-state index < -0.39 is 10.0 Å². The third kappa shape index (κ3) is 4.02. The van der Waals surface area contributed by atoms with Gasteiger partial charge in [0, 0.05) is 18.1 Å². The SMILES string of the molecule is CCNC(=O)CN(C)S(=O)(=O)c1ccc(C)cc1Br. The molecule has 0 aliphatic heterocycles. The van der Waals surface area contributed by atoms with Crippen molar-refractivity contribution >= 4 is 31.9 Å². The number of nitrogens with one attached hydrogen (secondary N) is 1. The number of halogens is 1. The summed E-state index contributed by atoms with van der Waals surface area (Å²) in [5, 5.41) is 2.57. The van der Waals surface area contributed by atoms with E-state index >= 15 is 0 Å². The van der Waals surface area contributed by atoms with Gasteiger partial charge in [-0.25, -0.2) is 8.42 Å². The Kier molecular flexibility index (Phi) is 5.51. The second-order valence-electron chi connectivity index (χ2n) is 4.15. The minimum atomic E-state index is -3.67. The van der Waals surface area contributed by atoms with E-state index in [1.54, 1.807) is 19.1 Å².